The van der Waals surface area contributed by atoms with Gasteiger partial charge < -0.3 is 5.11 Å². The van der Waals surface area contributed by atoms with Gasteiger partial charge in [-0.05, 0) is 12.0 Å². The van der Waals surface area contributed by atoms with E-state index < -0.39 is 17.7 Å². The molecule has 1 aliphatic rings. The van der Waals surface area contributed by atoms with Crippen molar-refractivity contribution < 1.29 is 19.5 Å². The minimum Gasteiger partial charge on any atom is -0.475 e. The molecule has 4 nitrogen and oxygen atoms in total. The van der Waals surface area contributed by atoms with Crippen LogP contribution in [-0.4, -0.2) is 22.6 Å². The van der Waals surface area contributed by atoms with Crippen LogP contribution >= 0.6 is 0 Å². The standard InChI is InChI=1S/C11H8O4/c12-9-7-4-2-1-3-6(7)5-8(9)10(13)11(14)15/h1-4,8H,5H2,(H,14,15). The average molecular weight is 204 g/mol. The molecular formula is C11H8O4. The van der Waals surface area contributed by atoms with E-state index in [2.05, 4.69) is 0 Å². The predicted molar refractivity (Wildman–Crippen MR) is 50.6 cm³/mol. The van der Waals surface area contributed by atoms with Gasteiger partial charge in [0.25, 0.3) is 5.78 Å². The van der Waals surface area contributed by atoms with E-state index in [4.69, 9.17) is 5.11 Å². The number of fused-ring (bicyclic) bond motifs is 1. The second-order valence-electron chi connectivity index (χ2n) is 3.45. The van der Waals surface area contributed by atoms with E-state index in [9.17, 15) is 14.4 Å². The van der Waals surface area contributed by atoms with Crippen molar-refractivity contribution in [2.45, 2.75) is 6.42 Å². The molecule has 0 heterocycles. The van der Waals surface area contributed by atoms with Crippen LogP contribution in [0.3, 0.4) is 0 Å². The summed E-state index contributed by atoms with van der Waals surface area (Å²) in [7, 11) is 0. The number of carbonyl (C=O) groups excluding carboxylic acids is 2. The van der Waals surface area contributed by atoms with Crippen LogP contribution in [0, 0.1) is 5.92 Å². The van der Waals surface area contributed by atoms with Crippen molar-refractivity contribution in [3.8, 4) is 0 Å². The first-order valence-electron chi connectivity index (χ1n) is 4.50. The first-order valence-corrected chi connectivity index (χ1v) is 4.50. The second-order valence-corrected chi connectivity index (χ2v) is 3.45. The second kappa shape index (κ2) is 3.31. The van der Waals surface area contributed by atoms with Crippen LogP contribution in [0.1, 0.15) is 15.9 Å². The quantitative estimate of drug-likeness (QED) is 0.568. The lowest BCUT2D eigenvalue weighted by molar-refractivity contribution is -0.150. The molecule has 0 saturated carbocycles. The van der Waals surface area contributed by atoms with E-state index in [-0.39, 0.29) is 12.2 Å². The van der Waals surface area contributed by atoms with E-state index in [1.54, 1.807) is 24.3 Å². The number of carbonyl (C=O) groups is 3. The highest BCUT2D eigenvalue weighted by Gasteiger charge is 2.38. The summed E-state index contributed by atoms with van der Waals surface area (Å²) >= 11 is 0. The molecule has 76 valence electrons. The molecule has 0 amide bonds. The highest BCUT2D eigenvalue weighted by Crippen LogP contribution is 2.26. The molecule has 1 aliphatic carbocycles. The zero-order chi connectivity index (χ0) is 11.0. The summed E-state index contributed by atoms with van der Waals surface area (Å²) in [4.78, 5) is 33.3. The minimum atomic E-state index is -1.54. The van der Waals surface area contributed by atoms with Crippen LogP contribution in [-0.2, 0) is 16.0 Å². The van der Waals surface area contributed by atoms with E-state index in [0.717, 1.165) is 5.56 Å². The Kier molecular flexibility index (Phi) is 2.11. The summed E-state index contributed by atoms with van der Waals surface area (Å²) in [5, 5.41) is 8.54. The number of carboxylic acid groups (broad SMARTS) is 1. The molecule has 2 rings (SSSR count). The van der Waals surface area contributed by atoms with Crippen molar-refractivity contribution in [3.05, 3.63) is 35.4 Å². The first kappa shape index (κ1) is 9.58. The SMILES string of the molecule is O=C(O)C(=O)C1Cc2ccccc2C1=O. The van der Waals surface area contributed by atoms with Gasteiger partial charge in [-0.1, -0.05) is 24.3 Å². The summed E-state index contributed by atoms with van der Waals surface area (Å²) in [5.74, 6) is -3.96. The fraction of sp³-hybridized carbons (Fsp3) is 0.182. The Bertz CT molecular complexity index is 461. The van der Waals surface area contributed by atoms with Crippen LogP contribution in [0.2, 0.25) is 0 Å². The Labute approximate surface area is 85.5 Å². The molecule has 1 aromatic carbocycles. The molecule has 0 aromatic heterocycles. The lowest BCUT2D eigenvalue weighted by atomic mass is 10.00. The molecular weight excluding hydrogens is 196 g/mol. The Morgan fingerprint density at radius 3 is 2.53 bits per heavy atom. The Balaban J connectivity index is 2.35. The van der Waals surface area contributed by atoms with Gasteiger partial charge in [-0.2, -0.15) is 0 Å². The highest BCUT2D eigenvalue weighted by atomic mass is 16.4. The first-order chi connectivity index (χ1) is 7.11. The van der Waals surface area contributed by atoms with Crippen molar-refractivity contribution >= 4 is 17.5 Å². The van der Waals surface area contributed by atoms with Gasteiger partial charge in [0.1, 0.15) is 0 Å². The maximum Gasteiger partial charge on any atom is 0.372 e. The summed E-state index contributed by atoms with van der Waals surface area (Å²) in [6.45, 7) is 0. The van der Waals surface area contributed by atoms with Gasteiger partial charge in [-0.15, -0.1) is 0 Å². The van der Waals surface area contributed by atoms with Crippen molar-refractivity contribution in [2.24, 2.45) is 5.92 Å². The number of hydrogen-bond acceptors (Lipinski definition) is 3. The van der Waals surface area contributed by atoms with Crippen molar-refractivity contribution in [1.29, 1.82) is 0 Å². The normalized spacial score (nSPS) is 18.7. The fourth-order valence-corrected chi connectivity index (χ4v) is 1.80. The Hall–Kier alpha value is -1.97. The molecule has 4 heteroatoms. The molecule has 1 atom stereocenters. The smallest absolute Gasteiger partial charge is 0.372 e. The van der Waals surface area contributed by atoms with E-state index >= 15 is 0 Å². The largest absolute Gasteiger partial charge is 0.475 e. The molecule has 1 aromatic rings. The number of Topliss-reactive ketones (excluding diaryl/α,β-unsaturated/α-hetero) is 2. The number of carboxylic acids is 1. The summed E-state index contributed by atoms with van der Waals surface area (Å²) in [6.07, 6.45) is 0.208. The summed E-state index contributed by atoms with van der Waals surface area (Å²) in [5.41, 5.74) is 1.22. The van der Waals surface area contributed by atoms with E-state index in [1.807, 2.05) is 0 Å². The van der Waals surface area contributed by atoms with Gasteiger partial charge in [0.15, 0.2) is 5.78 Å². The molecule has 0 fully saturated rings. The topological polar surface area (TPSA) is 71.4 Å². The number of rotatable bonds is 2. The number of ketones is 2. The molecule has 0 aliphatic heterocycles. The molecule has 0 saturated heterocycles. The number of aliphatic carboxylic acids is 1. The van der Waals surface area contributed by atoms with Crippen LogP contribution in [0.4, 0.5) is 0 Å². The molecule has 0 radical (unpaired) electrons. The van der Waals surface area contributed by atoms with Crippen LogP contribution in [0.15, 0.2) is 24.3 Å². The molecule has 1 N–H and O–H groups in total. The van der Waals surface area contributed by atoms with Gasteiger partial charge in [0.2, 0.25) is 0 Å². The predicted octanol–water partition coefficient (Wildman–Crippen LogP) is 0.695. The van der Waals surface area contributed by atoms with Crippen molar-refractivity contribution in [1.82, 2.24) is 0 Å². The zero-order valence-electron chi connectivity index (χ0n) is 7.77. The van der Waals surface area contributed by atoms with Gasteiger partial charge >= 0.3 is 5.97 Å². The number of benzene rings is 1. The number of hydrogen-bond donors (Lipinski definition) is 1. The van der Waals surface area contributed by atoms with Crippen LogP contribution < -0.4 is 0 Å². The lowest BCUT2D eigenvalue weighted by Gasteiger charge is -2.00. The van der Waals surface area contributed by atoms with Crippen molar-refractivity contribution in [2.75, 3.05) is 0 Å². The monoisotopic (exact) mass is 204 g/mol. The third-order valence-electron chi connectivity index (χ3n) is 2.55. The third kappa shape index (κ3) is 1.44. The van der Waals surface area contributed by atoms with Crippen molar-refractivity contribution in [3.63, 3.8) is 0 Å². The Morgan fingerprint density at radius 2 is 1.93 bits per heavy atom. The maximum atomic E-state index is 11.7. The van der Waals surface area contributed by atoms with E-state index in [0.29, 0.717) is 5.56 Å². The lowest BCUT2D eigenvalue weighted by Crippen LogP contribution is -2.27. The Morgan fingerprint density at radius 1 is 1.27 bits per heavy atom. The highest BCUT2D eigenvalue weighted by molar-refractivity contribution is 6.39. The van der Waals surface area contributed by atoms with Gasteiger partial charge in [0.05, 0.1) is 5.92 Å². The molecule has 0 bridgehead atoms. The zero-order valence-corrected chi connectivity index (χ0v) is 7.77. The van der Waals surface area contributed by atoms with E-state index in [1.165, 1.54) is 0 Å². The molecule has 0 spiro atoms. The minimum absolute atomic E-state index is 0.208. The summed E-state index contributed by atoms with van der Waals surface area (Å²) in [6, 6.07) is 6.82. The third-order valence-corrected chi connectivity index (χ3v) is 2.55. The van der Waals surface area contributed by atoms with Gasteiger partial charge in [-0.3, -0.25) is 9.59 Å². The summed E-state index contributed by atoms with van der Waals surface area (Å²) < 4.78 is 0. The van der Waals surface area contributed by atoms with Crippen LogP contribution in [0.25, 0.3) is 0 Å². The van der Waals surface area contributed by atoms with Gasteiger partial charge in [0, 0.05) is 5.56 Å². The fourth-order valence-electron chi connectivity index (χ4n) is 1.80. The van der Waals surface area contributed by atoms with Gasteiger partial charge in [-0.25, -0.2) is 4.79 Å². The maximum absolute atomic E-state index is 11.7. The molecule has 1 unspecified atom stereocenters. The molecule has 15 heavy (non-hydrogen) atoms. The van der Waals surface area contributed by atoms with Crippen LogP contribution in [0.5, 0.6) is 0 Å². The average Bonchev–Trinajstić information content (AvgIpc) is 2.56.